The number of anilines is 2. The van der Waals surface area contributed by atoms with Crippen molar-refractivity contribution in [1.29, 1.82) is 0 Å². The third-order valence-corrected chi connectivity index (χ3v) is 6.87. The third-order valence-electron chi connectivity index (χ3n) is 6.87. The number of benzene rings is 1. The topological polar surface area (TPSA) is 120 Å². The maximum atomic E-state index is 14.4. The number of ether oxygens (including phenoxy) is 1. The number of nitrogens with zero attached hydrogens (tertiary/aromatic N) is 7. The van der Waals surface area contributed by atoms with Crippen molar-refractivity contribution in [2.75, 3.05) is 24.3 Å². The molecule has 5 rings (SSSR count). The smallest absolute Gasteiger partial charge is 0.223 e. The summed E-state index contributed by atoms with van der Waals surface area (Å²) in [6.07, 6.45) is 5.18. The Morgan fingerprint density at radius 3 is 2.76 bits per heavy atom. The fraction of sp³-hybridized carbons (Fsp3) is 0.478. The molecule has 0 unspecified atom stereocenters. The van der Waals surface area contributed by atoms with E-state index in [1.54, 1.807) is 11.6 Å². The van der Waals surface area contributed by atoms with Gasteiger partial charge in [0, 0.05) is 36.2 Å². The molecule has 1 saturated heterocycles. The Kier molecular flexibility index (Phi) is 5.51. The molecule has 1 fully saturated rings. The van der Waals surface area contributed by atoms with Crippen molar-refractivity contribution in [1.82, 2.24) is 29.4 Å². The van der Waals surface area contributed by atoms with Gasteiger partial charge in [-0.2, -0.15) is 9.61 Å². The highest BCUT2D eigenvalue weighted by molar-refractivity contribution is 5.93. The van der Waals surface area contributed by atoms with Gasteiger partial charge in [0.25, 0.3) is 0 Å². The molecule has 11 heteroatoms. The quantitative estimate of drug-likeness (QED) is 0.459. The molecule has 1 aliphatic rings. The lowest BCUT2D eigenvalue weighted by Crippen LogP contribution is -2.41. The Morgan fingerprint density at radius 1 is 1.24 bits per heavy atom. The molecule has 0 bridgehead atoms. The van der Waals surface area contributed by atoms with Crippen molar-refractivity contribution in [3.05, 3.63) is 36.2 Å². The highest BCUT2D eigenvalue weighted by atomic mass is 19.1. The Labute approximate surface area is 196 Å². The predicted molar refractivity (Wildman–Crippen MR) is 127 cm³/mol. The second kappa shape index (κ2) is 8.39. The van der Waals surface area contributed by atoms with Gasteiger partial charge in [-0.1, -0.05) is 0 Å². The van der Waals surface area contributed by atoms with Gasteiger partial charge in [-0.25, -0.2) is 14.4 Å². The molecule has 4 heterocycles. The number of aliphatic hydroxyl groups excluding tert-OH is 1. The lowest BCUT2D eigenvalue weighted by molar-refractivity contribution is 0.132. The Morgan fingerprint density at radius 2 is 2.03 bits per heavy atom. The van der Waals surface area contributed by atoms with Crippen LogP contribution in [-0.4, -0.2) is 60.3 Å². The van der Waals surface area contributed by atoms with Crippen LogP contribution in [0, 0.1) is 5.82 Å². The molecule has 34 heavy (non-hydrogen) atoms. The molecule has 0 spiro atoms. The van der Waals surface area contributed by atoms with Crippen LogP contribution in [-0.2, 0) is 0 Å². The second-order valence-corrected chi connectivity index (χ2v) is 9.11. The SMILES string of the molecule is COc1cc2nc(N)n3nc([C@H]4CC[C@@H](C)N(c5cnn([C@H](C)[C@@H](C)O)c5)C4)nc3c2cc1F. The molecular weight excluding hydrogens is 439 g/mol. The fourth-order valence-corrected chi connectivity index (χ4v) is 4.57. The maximum Gasteiger partial charge on any atom is 0.223 e. The minimum Gasteiger partial charge on any atom is -0.494 e. The van der Waals surface area contributed by atoms with Gasteiger partial charge in [-0.05, 0) is 39.7 Å². The third kappa shape index (κ3) is 3.69. The molecule has 1 aromatic carbocycles. The van der Waals surface area contributed by atoms with E-state index in [1.807, 2.05) is 19.3 Å². The Bertz CT molecular complexity index is 1350. The van der Waals surface area contributed by atoms with Gasteiger partial charge in [0.05, 0.1) is 36.7 Å². The molecule has 180 valence electrons. The van der Waals surface area contributed by atoms with E-state index in [-0.39, 0.29) is 23.7 Å². The van der Waals surface area contributed by atoms with Crippen LogP contribution in [0.2, 0.25) is 0 Å². The molecular formula is C23H29FN8O2. The highest BCUT2D eigenvalue weighted by Gasteiger charge is 2.31. The number of hydrogen-bond donors (Lipinski definition) is 2. The van der Waals surface area contributed by atoms with E-state index in [9.17, 15) is 9.50 Å². The van der Waals surface area contributed by atoms with Crippen molar-refractivity contribution in [3.8, 4) is 5.75 Å². The zero-order valence-electron chi connectivity index (χ0n) is 19.7. The molecule has 4 aromatic rings. The summed E-state index contributed by atoms with van der Waals surface area (Å²) >= 11 is 0. The van der Waals surface area contributed by atoms with Crippen molar-refractivity contribution in [2.24, 2.45) is 0 Å². The number of methoxy groups -OCH3 is 1. The average molecular weight is 469 g/mol. The zero-order chi connectivity index (χ0) is 24.1. The molecule has 3 N–H and O–H groups in total. The van der Waals surface area contributed by atoms with E-state index in [4.69, 9.17) is 15.5 Å². The van der Waals surface area contributed by atoms with Crippen molar-refractivity contribution >= 4 is 28.2 Å². The largest absolute Gasteiger partial charge is 0.494 e. The van der Waals surface area contributed by atoms with Crippen molar-refractivity contribution in [2.45, 2.75) is 57.7 Å². The summed E-state index contributed by atoms with van der Waals surface area (Å²) in [5.41, 5.74) is 8.13. The van der Waals surface area contributed by atoms with Crippen LogP contribution in [0.15, 0.2) is 24.5 Å². The monoisotopic (exact) mass is 468 g/mol. The first-order valence-corrected chi connectivity index (χ1v) is 11.4. The van der Waals surface area contributed by atoms with Gasteiger partial charge in [0.2, 0.25) is 5.95 Å². The minimum atomic E-state index is -0.500. The Hall–Kier alpha value is -3.47. The van der Waals surface area contributed by atoms with Crippen molar-refractivity contribution in [3.63, 3.8) is 0 Å². The zero-order valence-corrected chi connectivity index (χ0v) is 19.7. The van der Waals surface area contributed by atoms with Gasteiger partial charge in [0.15, 0.2) is 23.0 Å². The van der Waals surface area contributed by atoms with Gasteiger partial charge in [-0.15, -0.1) is 5.10 Å². The first-order chi connectivity index (χ1) is 16.3. The number of aliphatic hydroxyl groups is 1. The Balaban J connectivity index is 1.49. The molecule has 10 nitrogen and oxygen atoms in total. The maximum absolute atomic E-state index is 14.4. The van der Waals surface area contributed by atoms with E-state index in [0.29, 0.717) is 35.0 Å². The molecule has 0 radical (unpaired) electrons. The van der Waals surface area contributed by atoms with Crippen LogP contribution < -0.4 is 15.4 Å². The predicted octanol–water partition coefficient (Wildman–Crippen LogP) is 2.92. The number of fused-ring (bicyclic) bond motifs is 3. The van der Waals surface area contributed by atoms with E-state index in [1.165, 1.54) is 23.8 Å². The lowest BCUT2D eigenvalue weighted by atomic mass is 9.92. The summed E-state index contributed by atoms with van der Waals surface area (Å²) in [5.74, 6) is 0.509. The van der Waals surface area contributed by atoms with E-state index < -0.39 is 11.9 Å². The minimum absolute atomic E-state index is 0.0613. The molecule has 0 saturated carbocycles. The fourth-order valence-electron chi connectivity index (χ4n) is 4.57. The molecule has 1 aliphatic heterocycles. The van der Waals surface area contributed by atoms with E-state index >= 15 is 0 Å². The van der Waals surface area contributed by atoms with Crippen LogP contribution in [0.5, 0.6) is 5.75 Å². The number of rotatable bonds is 5. The molecule has 3 aromatic heterocycles. The number of halogens is 1. The standard InChI is InChI=1S/C23H29FN8O2/c1-12-5-6-15(10-30(12)16-9-26-31(11-16)13(2)14(3)33)21-28-22-17-7-18(24)20(34-4)8-19(17)27-23(25)32(22)29-21/h7-9,11-15,33H,5-6,10H2,1-4H3,(H2,25,27)/t12-,13-,14-,15+/m1/s1. The summed E-state index contributed by atoms with van der Waals surface area (Å²) < 4.78 is 22.8. The first kappa shape index (κ1) is 22.3. The summed E-state index contributed by atoms with van der Waals surface area (Å²) in [5, 5.41) is 19.5. The van der Waals surface area contributed by atoms with Gasteiger partial charge in [0.1, 0.15) is 0 Å². The lowest BCUT2D eigenvalue weighted by Gasteiger charge is -2.37. The molecule has 0 amide bonds. The van der Waals surface area contributed by atoms with Crippen LogP contribution in [0.1, 0.15) is 51.4 Å². The summed E-state index contributed by atoms with van der Waals surface area (Å²) in [6, 6.07) is 3.08. The number of nitrogens with two attached hydrogens (primary N) is 1. The highest BCUT2D eigenvalue weighted by Crippen LogP contribution is 2.34. The van der Waals surface area contributed by atoms with E-state index in [0.717, 1.165) is 18.5 Å². The number of hydrogen-bond acceptors (Lipinski definition) is 8. The van der Waals surface area contributed by atoms with Crippen LogP contribution >= 0.6 is 0 Å². The van der Waals surface area contributed by atoms with Crippen molar-refractivity contribution < 1.29 is 14.2 Å². The number of aromatic nitrogens is 6. The first-order valence-electron chi connectivity index (χ1n) is 11.4. The number of piperidine rings is 1. The van der Waals surface area contributed by atoms with Crippen LogP contribution in [0.25, 0.3) is 16.6 Å². The van der Waals surface area contributed by atoms with Gasteiger partial charge in [-0.3, -0.25) is 4.68 Å². The molecule has 0 aliphatic carbocycles. The number of nitrogen functional groups attached to an aromatic ring is 1. The average Bonchev–Trinajstić information content (AvgIpc) is 3.47. The normalized spacial score (nSPS) is 20.7. The van der Waals surface area contributed by atoms with Gasteiger partial charge < -0.3 is 20.5 Å². The van der Waals surface area contributed by atoms with Gasteiger partial charge >= 0.3 is 0 Å². The van der Waals surface area contributed by atoms with Crippen LogP contribution in [0.4, 0.5) is 16.0 Å². The summed E-state index contributed by atoms with van der Waals surface area (Å²) in [7, 11) is 1.41. The van der Waals surface area contributed by atoms with Crippen LogP contribution in [0.3, 0.4) is 0 Å². The van der Waals surface area contributed by atoms with E-state index in [2.05, 4.69) is 27.0 Å². The summed E-state index contributed by atoms with van der Waals surface area (Å²) in [6.45, 7) is 6.59. The summed E-state index contributed by atoms with van der Waals surface area (Å²) in [4.78, 5) is 11.4. The second-order valence-electron chi connectivity index (χ2n) is 9.11. The molecule has 4 atom stereocenters.